The summed E-state index contributed by atoms with van der Waals surface area (Å²) in [6.07, 6.45) is 0. The van der Waals surface area contributed by atoms with Gasteiger partial charge in [0.25, 0.3) is 0 Å². The van der Waals surface area contributed by atoms with Gasteiger partial charge in [0, 0.05) is 18.7 Å². The van der Waals surface area contributed by atoms with Crippen LogP contribution in [-0.4, -0.2) is 6.04 Å². The van der Waals surface area contributed by atoms with Crippen molar-refractivity contribution in [2.24, 2.45) is 0 Å². The second-order valence-corrected chi connectivity index (χ2v) is 5.31. The van der Waals surface area contributed by atoms with Crippen molar-refractivity contribution < 1.29 is 13.5 Å². The zero-order valence-electron chi connectivity index (χ0n) is 12.4. The van der Waals surface area contributed by atoms with Gasteiger partial charge in [0.2, 0.25) is 0 Å². The Labute approximate surface area is 123 Å². The summed E-state index contributed by atoms with van der Waals surface area (Å²) in [6.45, 7) is 6.31. The van der Waals surface area contributed by atoms with Crippen molar-refractivity contribution in [1.29, 1.82) is 0 Å². The van der Waals surface area contributed by atoms with Crippen LogP contribution in [0.2, 0.25) is 0 Å². The zero-order valence-corrected chi connectivity index (χ0v) is 12.4. The number of aryl methyl sites for hydroxylation is 1. The van der Waals surface area contributed by atoms with Gasteiger partial charge in [0.05, 0.1) is 0 Å². The molecular weight excluding hydrogens is 272 g/mol. The van der Waals surface area contributed by atoms with Gasteiger partial charge in [-0.05, 0) is 36.2 Å². The highest BCUT2D eigenvalue weighted by molar-refractivity contribution is 5.36. The monoisotopic (exact) mass is 291 g/mol. The van der Waals surface area contributed by atoms with Crippen molar-refractivity contribution >= 4 is 0 Å². The summed E-state index contributed by atoms with van der Waals surface area (Å²) in [5, 5.41) is 3.21. The molecule has 0 aromatic heterocycles. The van der Waals surface area contributed by atoms with Gasteiger partial charge < -0.3 is 10.1 Å². The third-order valence-corrected chi connectivity index (χ3v) is 3.08. The SMILES string of the molecule is Cc1ccc(Oc2ccc(CNC(C)C)cc2F)cc1F. The smallest absolute Gasteiger partial charge is 0.166 e. The predicted molar refractivity (Wildman–Crippen MR) is 79.6 cm³/mol. The maximum Gasteiger partial charge on any atom is 0.166 e. The molecule has 112 valence electrons. The minimum absolute atomic E-state index is 0.0894. The van der Waals surface area contributed by atoms with Crippen LogP contribution in [0.3, 0.4) is 0 Å². The van der Waals surface area contributed by atoms with Gasteiger partial charge in [-0.3, -0.25) is 0 Å². The van der Waals surface area contributed by atoms with Gasteiger partial charge >= 0.3 is 0 Å². The van der Waals surface area contributed by atoms with Gasteiger partial charge in [0.15, 0.2) is 11.6 Å². The first kappa shape index (κ1) is 15.4. The summed E-state index contributed by atoms with van der Waals surface area (Å²) in [6, 6.07) is 9.58. The Morgan fingerprint density at radius 3 is 2.43 bits per heavy atom. The van der Waals surface area contributed by atoms with Crippen LogP contribution in [0, 0.1) is 18.6 Å². The highest BCUT2D eigenvalue weighted by Gasteiger charge is 2.08. The molecule has 0 fully saturated rings. The molecule has 0 amide bonds. The quantitative estimate of drug-likeness (QED) is 0.871. The number of rotatable bonds is 5. The lowest BCUT2D eigenvalue weighted by molar-refractivity contribution is 0.437. The van der Waals surface area contributed by atoms with Gasteiger partial charge in [-0.15, -0.1) is 0 Å². The standard InChI is InChI=1S/C17H19F2NO/c1-11(2)20-10-13-5-7-17(16(19)8-13)21-14-6-4-12(3)15(18)9-14/h4-9,11,20H,10H2,1-3H3. The van der Waals surface area contributed by atoms with Crippen LogP contribution in [0.1, 0.15) is 25.0 Å². The minimum atomic E-state index is -0.459. The van der Waals surface area contributed by atoms with Crippen molar-refractivity contribution in [3.63, 3.8) is 0 Å². The fourth-order valence-corrected chi connectivity index (χ4v) is 1.82. The van der Waals surface area contributed by atoms with Crippen LogP contribution in [-0.2, 0) is 6.54 Å². The molecular formula is C17H19F2NO. The van der Waals surface area contributed by atoms with Crippen LogP contribution in [0.15, 0.2) is 36.4 Å². The number of ether oxygens (including phenoxy) is 1. The summed E-state index contributed by atoms with van der Waals surface area (Å²) < 4.78 is 32.8. The Morgan fingerprint density at radius 1 is 1.05 bits per heavy atom. The van der Waals surface area contributed by atoms with Crippen LogP contribution >= 0.6 is 0 Å². The van der Waals surface area contributed by atoms with E-state index in [9.17, 15) is 8.78 Å². The second kappa shape index (κ2) is 6.68. The molecule has 0 unspecified atom stereocenters. The maximum absolute atomic E-state index is 14.0. The molecule has 21 heavy (non-hydrogen) atoms. The number of benzene rings is 2. The molecule has 0 saturated carbocycles. The Hall–Kier alpha value is -1.94. The van der Waals surface area contributed by atoms with E-state index in [-0.39, 0.29) is 17.3 Å². The fourth-order valence-electron chi connectivity index (χ4n) is 1.82. The van der Waals surface area contributed by atoms with Crippen molar-refractivity contribution in [2.45, 2.75) is 33.4 Å². The Balaban J connectivity index is 2.11. The van der Waals surface area contributed by atoms with Gasteiger partial charge in [-0.25, -0.2) is 8.78 Å². The molecule has 2 nitrogen and oxygen atoms in total. The van der Waals surface area contributed by atoms with E-state index in [1.165, 1.54) is 12.1 Å². The molecule has 0 atom stereocenters. The van der Waals surface area contributed by atoms with Crippen LogP contribution < -0.4 is 10.1 Å². The van der Waals surface area contributed by atoms with Crippen molar-refractivity contribution in [3.8, 4) is 11.5 Å². The zero-order chi connectivity index (χ0) is 15.4. The van der Waals surface area contributed by atoms with E-state index in [0.717, 1.165) is 5.56 Å². The third kappa shape index (κ3) is 4.26. The van der Waals surface area contributed by atoms with Crippen molar-refractivity contribution in [3.05, 3.63) is 59.2 Å². The van der Waals surface area contributed by atoms with Crippen LogP contribution in [0.25, 0.3) is 0 Å². The normalized spacial score (nSPS) is 11.0. The lowest BCUT2D eigenvalue weighted by Gasteiger charge is -2.11. The molecule has 0 aliphatic rings. The highest BCUT2D eigenvalue weighted by atomic mass is 19.1. The molecule has 2 aromatic carbocycles. The number of halogens is 2. The fraction of sp³-hybridized carbons (Fsp3) is 0.294. The molecule has 0 bridgehead atoms. The molecule has 0 aliphatic carbocycles. The van der Waals surface area contributed by atoms with Gasteiger partial charge in [-0.1, -0.05) is 26.0 Å². The summed E-state index contributed by atoms with van der Waals surface area (Å²) in [5.41, 5.74) is 1.36. The largest absolute Gasteiger partial charge is 0.454 e. The molecule has 0 saturated heterocycles. The molecule has 0 spiro atoms. The van der Waals surface area contributed by atoms with E-state index in [4.69, 9.17) is 4.74 Å². The number of nitrogens with one attached hydrogen (secondary N) is 1. The first-order valence-corrected chi connectivity index (χ1v) is 6.91. The molecule has 4 heteroatoms. The van der Waals surface area contributed by atoms with E-state index < -0.39 is 5.82 Å². The summed E-state index contributed by atoms with van der Waals surface area (Å²) in [7, 11) is 0. The Bertz CT molecular complexity index is 626. The average Bonchev–Trinajstić information content (AvgIpc) is 2.43. The number of hydrogen-bond acceptors (Lipinski definition) is 2. The molecule has 0 radical (unpaired) electrons. The first-order valence-electron chi connectivity index (χ1n) is 6.91. The summed E-state index contributed by atoms with van der Waals surface area (Å²) >= 11 is 0. The topological polar surface area (TPSA) is 21.3 Å². The van der Waals surface area contributed by atoms with E-state index in [1.807, 2.05) is 13.8 Å². The van der Waals surface area contributed by atoms with Crippen molar-refractivity contribution in [2.75, 3.05) is 0 Å². The lowest BCUT2D eigenvalue weighted by Crippen LogP contribution is -2.21. The van der Waals surface area contributed by atoms with Crippen LogP contribution in [0.4, 0.5) is 8.78 Å². The lowest BCUT2D eigenvalue weighted by atomic mass is 10.2. The molecule has 1 N–H and O–H groups in total. The van der Waals surface area contributed by atoms with Crippen LogP contribution in [0.5, 0.6) is 11.5 Å². The average molecular weight is 291 g/mol. The second-order valence-electron chi connectivity index (χ2n) is 5.31. The van der Waals surface area contributed by atoms with Gasteiger partial charge in [-0.2, -0.15) is 0 Å². The van der Waals surface area contributed by atoms with Gasteiger partial charge in [0.1, 0.15) is 11.6 Å². The Kier molecular flexibility index (Phi) is 4.91. The number of hydrogen-bond donors (Lipinski definition) is 1. The van der Waals surface area contributed by atoms with E-state index in [0.29, 0.717) is 18.2 Å². The third-order valence-electron chi connectivity index (χ3n) is 3.08. The van der Waals surface area contributed by atoms with E-state index in [2.05, 4.69) is 5.32 Å². The molecule has 0 heterocycles. The Morgan fingerprint density at radius 2 is 1.81 bits per heavy atom. The maximum atomic E-state index is 14.0. The first-order chi connectivity index (χ1) is 9.95. The molecule has 2 aromatic rings. The molecule has 2 rings (SSSR count). The van der Waals surface area contributed by atoms with E-state index in [1.54, 1.807) is 31.2 Å². The van der Waals surface area contributed by atoms with Crippen molar-refractivity contribution in [1.82, 2.24) is 5.32 Å². The highest BCUT2D eigenvalue weighted by Crippen LogP contribution is 2.26. The molecule has 0 aliphatic heterocycles. The summed E-state index contributed by atoms with van der Waals surface area (Å²) in [5.74, 6) is -0.457. The minimum Gasteiger partial charge on any atom is -0.454 e. The van der Waals surface area contributed by atoms with E-state index >= 15 is 0 Å². The summed E-state index contributed by atoms with van der Waals surface area (Å²) in [4.78, 5) is 0. The predicted octanol–water partition coefficient (Wildman–Crippen LogP) is 4.56.